The zero-order valence-electron chi connectivity index (χ0n) is 10.2. The number of hydrogen-bond acceptors (Lipinski definition) is 1. The van der Waals surface area contributed by atoms with Crippen LogP contribution in [0, 0.1) is 11.6 Å². The second-order valence-electron chi connectivity index (χ2n) is 4.40. The van der Waals surface area contributed by atoms with Crippen molar-refractivity contribution >= 4 is 11.6 Å². The maximum atomic E-state index is 13.8. The fourth-order valence-electron chi connectivity index (χ4n) is 2.04. The van der Waals surface area contributed by atoms with Crippen LogP contribution in [0.25, 0.3) is 0 Å². The maximum absolute atomic E-state index is 13.8. The van der Waals surface area contributed by atoms with Gasteiger partial charge in [0, 0.05) is 5.92 Å². The van der Waals surface area contributed by atoms with Crippen molar-refractivity contribution in [2.24, 2.45) is 5.73 Å². The van der Waals surface area contributed by atoms with Gasteiger partial charge in [0.05, 0.1) is 5.02 Å². The molecule has 0 heterocycles. The summed E-state index contributed by atoms with van der Waals surface area (Å²) in [6.07, 6.45) is 0.439. The molecule has 100 valence electrons. The van der Waals surface area contributed by atoms with Crippen LogP contribution < -0.4 is 5.73 Å². The Morgan fingerprint density at radius 3 is 2.37 bits per heavy atom. The van der Waals surface area contributed by atoms with Gasteiger partial charge in [-0.1, -0.05) is 35.9 Å². The topological polar surface area (TPSA) is 26.0 Å². The van der Waals surface area contributed by atoms with E-state index in [1.165, 1.54) is 18.2 Å². The van der Waals surface area contributed by atoms with Gasteiger partial charge in [-0.15, -0.1) is 0 Å². The summed E-state index contributed by atoms with van der Waals surface area (Å²) in [6, 6.07) is 11.0. The molecule has 19 heavy (non-hydrogen) atoms. The molecule has 2 aromatic rings. The predicted octanol–water partition coefficient (Wildman–Crippen LogP) is 3.90. The Bertz CT molecular complexity index is 555. The van der Waals surface area contributed by atoms with E-state index in [9.17, 15) is 8.78 Å². The minimum Gasteiger partial charge on any atom is -0.330 e. The molecular formula is C15H14ClF2N. The van der Waals surface area contributed by atoms with E-state index in [0.29, 0.717) is 18.5 Å². The smallest absolute Gasteiger partial charge is 0.144 e. The molecule has 1 unspecified atom stereocenters. The first kappa shape index (κ1) is 14.0. The lowest BCUT2D eigenvalue weighted by Crippen LogP contribution is -2.15. The van der Waals surface area contributed by atoms with Gasteiger partial charge < -0.3 is 5.73 Å². The second-order valence-corrected chi connectivity index (χ2v) is 4.81. The SMILES string of the molecule is NCC(Cc1cccc(Cl)c1F)c1ccc(F)cc1. The quantitative estimate of drug-likeness (QED) is 0.904. The third-order valence-electron chi connectivity index (χ3n) is 3.12. The van der Waals surface area contributed by atoms with Crippen molar-refractivity contribution in [1.29, 1.82) is 0 Å². The molecule has 4 heteroatoms. The van der Waals surface area contributed by atoms with Gasteiger partial charge >= 0.3 is 0 Å². The highest BCUT2D eigenvalue weighted by atomic mass is 35.5. The molecule has 2 aromatic carbocycles. The van der Waals surface area contributed by atoms with Gasteiger partial charge in [0.2, 0.25) is 0 Å². The average Bonchev–Trinajstić information content (AvgIpc) is 2.42. The van der Waals surface area contributed by atoms with E-state index >= 15 is 0 Å². The van der Waals surface area contributed by atoms with Gasteiger partial charge in [-0.25, -0.2) is 8.78 Å². The van der Waals surface area contributed by atoms with Gasteiger partial charge in [0.1, 0.15) is 11.6 Å². The standard InChI is InChI=1S/C15H14ClF2N/c16-14-3-1-2-11(15(14)18)8-12(9-19)10-4-6-13(17)7-5-10/h1-7,12H,8-9,19H2. The molecular weight excluding hydrogens is 268 g/mol. The fourth-order valence-corrected chi connectivity index (χ4v) is 2.24. The number of benzene rings is 2. The molecule has 0 aliphatic heterocycles. The Labute approximate surface area is 116 Å². The average molecular weight is 282 g/mol. The van der Waals surface area contributed by atoms with Crippen molar-refractivity contribution in [2.45, 2.75) is 12.3 Å². The third kappa shape index (κ3) is 3.31. The van der Waals surface area contributed by atoms with Crippen LogP contribution in [-0.4, -0.2) is 6.54 Å². The highest BCUT2D eigenvalue weighted by Gasteiger charge is 2.14. The molecule has 1 nitrogen and oxygen atoms in total. The lowest BCUT2D eigenvalue weighted by molar-refractivity contribution is 0.589. The minimum atomic E-state index is -0.412. The molecule has 2 rings (SSSR count). The zero-order valence-corrected chi connectivity index (χ0v) is 11.0. The Hall–Kier alpha value is -1.45. The summed E-state index contributed by atoms with van der Waals surface area (Å²) in [5.74, 6) is -0.772. The van der Waals surface area contributed by atoms with Crippen LogP contribution >= 0.6 is 11.6 Å². The first-order chi connectivity index (χ1) is 9.11. The molecule has 0 aliphatic rings. The molecule has 0 fully saturated rings. The van der Waals surface area contributed by atoms with Crippen molar-refractivity contribution in [1.82, 2.24) is 0 Å². The molecule has 0 spiro atoms. The lowest BCUT2D eigenvalue weighted by Gasteiger charge is -2.16. The molecule has 0 radical (unpaired) electrons. The zero-order chi connectivity index (χ0) is 13.8. The monoisotopic (exact) mass is 281 g/mol. The molecule has 0 saturated carbocycles. The summed E-state index contributed by atoms with van der Waals surface area (Å²) in [5.41, 5.74) is 7.14. The van der Waals surface area contributed by atoms with E-state index in [0.717, 1.165) is 5.56 Å². The van der Waals surface area contributed by atoms with E-state index in [1.807, 2.05) is 0 Å². The minimum absolute atomic E-state index is 0.0615. The first-order valence-corrected chi connectivity index (χ1v) is 6.38. The Morgan fingerprint density at radius 1 is 1.05 bits per heavy atom. The van der Waals surface area contributed by atoms with E-state index in [4.69, 9.17) is 17.3 Å². The van der Waals surface area contributed by atoms with Gasteiger partial charge in [-0.3, -0.25) is 0 Å². The van der Waals surface area contributed by atoms with Crippen molar-refractivity contribution in [3.8, 4) is 0 Å². The van der Waals surface area contributed by atoms with E-state index < -0.39 is 5.82 Å². The highest BCUT2D eigenvalue weighted by molar-refractivity contribution is 6.30. The van der Waals surface area contributed by atoms with Crippen LogP contribution in [-0.2, 0) is 6.42 Å². The van der Waals surface area contributed by atoms with Crippen LogP contribution in [0.4, 0.5) is 8.78 Å². The van der Waals surface area contributed by atoms with Gasteiger partial charge in [0.15, 0.2) is 0 Å². The maximum Gasteiger partial charge on any atom is 0.144 e. The van der Waals surface area contributed by atoms with Gasteiger partial charge in [-0.2, -0.15) is 0 Å². The van der Waals surface area contributed by atoms with Crippen LogP contribution in [0.3, 0.4) is 0 Å². The van der Waals surface area contributed by atoms with Gasteiger partial charge in [0.25, 0.3) is 0 Å². The predicted molar refractivity (Wildman–Crippen MR) is 73.3 cm³/mol. The summed E-state index contributed by atoms with van der Waals surface area (Å²) in [5, 5.41) is 0.104. The molecule has 0 aromatic heterocycles. The molecule has 0 bridgehead atoms. The normalized spacial score (nSPS) is 12.4. The van der Waals surface area contributed by atoms with Crippen molar-refractivity contribution in [3.05, 3.63) is 70.2 Å². The molecule has 0 amide bonds. The van der Waals surface area contributed by atoms with Gasteiger partial charge in [-0.05, 0) is 42.3 Å². The van der Waals surface area contributed by atoms with E-state index in [-0.39, 0.29) is 16.8 Å². The summed E-state index contributed by atoms with van der Waals surface area (Å²) < 4.78 is 26.7. The number of rotatable bonds is 4. The molecule has 0 saturated heterocycles. The molecule has 2 N–H and O–H groups in total. The Morgan fingerprint density at radius 2 is 1.74 bits per heavy atom. The fraction of sp³-hybridized carbons (Fsp3) is 0.200. The Kier molecular flexibility index (Phi) is 4.51. The summed E-state index contributed by atoms with van der Waals surface area (Å²) in [7, 11) is 0. The third-order valence-corrected chi connectivity index (χ3v) is 3.42. The van der Waals surface area contributed by atoms with Crippen LogP contribution in [0.15, 0.2) is 42.5 Å². The number of hydrogen-bond donors (Lipinski definition) is 1. The van der Waals surface area contributed by atoms with E-state index in [2.05, 4.69) is 0 Å². The Balaban J connectivity index is 2.24. The summed E-state index contributed by atoms with van der Waals surface area (Å²) in [4.78, 5) is 0. The summed E-state index contributed by atoms with van der Waals surface area (Å²) >= 11 is 5.75. The highest BCUT2D eigenvalue weighted by Crippen LogP contribution is 2.25. The first-order valence-electron chi connectivity index (χ1n) is 6.00. The van der Waals surface area contributed by atoms with Crippen molar-refractivity contribution < 1.29 is 8.78 Å². The van der Waals surface area contributed by atoms with Crippen LogP contribution in [0.1, 0.15) is 17.0 Å². The largest absolute Gasteiger partial charge is 0.330 e. The summed E-state index contributed by atoms with van der Waals surface area (Å²) in [6.45, 7) is 0.359. The number of nitrogens with two attached hydrogens (primary N) is 1. The van der Waals surface area contributed by atoms with Crippen molar-refractivity contribution in [2.75, 3.05) is 6.54 Å². The lowest BCUT2D eigenvalue weighted by atomic mass is 9.92. The molecule has 0 aliphatic carbocycles. The van der Waals surface area contributed by atoms with Crippen LogP contribution in [0.2, 0.25) is 5.02 Å². The molecule has 1 atom stereocenters. The van der Waals surface area contributed by atoms with Crippen molar-refractivity contribution in [3.63, 3.8) is 0 Å². The second kappa shape index (κ2) is 6.13. The van der Waals surface area contributed by atoms with E-state index in [1.54, 1.807) is 24.3 Å². The van der Waals surface area contributed by atoms with Crippen LogP contribution in [0.5, 0.6) is 0 Å². The number of halogens is 3.